The highest BCUT2D eigenvalue weighted by molar-refractivity contribution is 14.0. The number of carbonyl (C=O) groups excluding carboxylic acids is 1. The molecule has 1 saturated heterocycles. The van der Waals surface area contributed by atoms with Gasteiger partial charge in [0.1, 0.15) is 6.54 Å². The Labute approximate surface area is 188 Å². The van der Waals surface area contributed by atoms with E-state index in [2.05, 4.69) is 20.5 Å². The normalized spacial score (nSPS) is 20.2. The van der Waals surface area contributed by atoms with E-state index in [4.69, 9.17) is 4.74 Å². The summed E-state index contributed by atoms with van der Waals surface area (Å²) in [6.07, 6.45) is 10.4. The number of amides is 1. The molecular weight excluding hydrogens is 469 g/mol. The first kappa shape index (κ1) is 25.4. The molecule has 0 aromatic carbocycles. The van der Waals surface area contributed by atoms with E-state index in [0.717, 1.165) is 6.54 Å². The number of nitrogens with one attached hydrogen (secondary N) is 2. The van der Waals surface area contributed by atoms with Crippen molar-refractivity contribution in [3.05, 3.63) is 0 Å². The number of likely N-dealkylation sites (tertiary alicyclic amines) is 1. The Balaban J connectivity index is 0.00000392. The van der Waals surface area contributed by atoms with Gasteiger partial charge in [-0.15, -0.1) is 24.0 Å². The first-order chi connectivity index (χ1) is 13.1. The number of ether oxygens (including phenoxy) is 1. The van der Waals surface area contributed by atoms with E-state index in [9.17, 15) is 4.79 Å². The molecule has 0 aromatic heterocycles. The second-order valence-corrected chi connectivity index (χ2v) is 8.06. The van der Waals surface area contributed by atoms with Gasteiger partial charge >= 0.3 is 0 Å². The maximum Gasteiger partial charge on any atom is 0.243 e. The Kier molecular flexibility index (Phi) is 12.3. The van der Waals surface area contributed by atoms with Gasteiger partial charge in [-0.05, 0) is 38.8 Å². The predicted octanol–water partition coefficient (Wildman–Crippen LogP) is 2.06. The van der Waals surface area contributed by atoms with Crippen molar-refractivity contribution in [1.29, 1.82) is 0 Å². The Bertz CT molecular complexity index is 475. The van der Waals surface area contributed by atoms with Crippen molar-refractivity contribution in [1.82, 2.24) is 20.4 Å². The lowest BCUT2D eigenvalue weighted by Crippen LogP contribution is -2.59. The number of halogens is 1. The molecule has 2 N–H and O–H groups in total. The van der Waals surface area contributed by atoms with Gasteiger partial charge in [0.15, 0.2) is 5.96 Å². The molecular formula is C20H40IN5O2. The molecule has 2 aliphatic rings. The molecule has 0 aromatic rings. The Morgan fingerprint density at radius 3 is 2.32 bits per heavy atom. The van der Waals surface area contributed by atoms with Gasteiger partial charge < -0.3 is 20.3 Å². The first-order valence-corrected chi connectivity index (χ1v) is 10.5. The van der Waals surface area contributed by atoms with Crippen molar-refractivity contribution in [2.75, 3.05) is 60.5 Å². The van der Waals surface area contributed by atoms with Gasteiger partial charge in [-0.1, -0.05) is 25.7 Å². The molecule has 2 fully saturated rings. The summed E-state index contributed by atoms with van der Waals surface area (Å²) in [6, 6.07) is 0. The Morgan fingerprint density at radius 2 is 1.71 bits per heavy atom. The number of hydrogen-bond donors (Lipinski definition) is 2. The van der Waals surface area contributed by atoms with Gasteiger partial charge in [-0.3, -0.25) is 9.69 Å². The van der Waals surface area contributed by atoms with Gasteiger partial charge in [-0.2, -0.15) is 0 Å². The van der Waals surface area contributed by atoms with Crippen molar-refractivity contribution in [2.24, 2.45) is 4.99 Å². The van der Waals surface area contributed by atoms with Crippen LogP contribution in [-0.2, 0) is 9.53 Å². The van der Waals surface area contributed by atoms with Crippen LogP contribution in [0.15, 0.2) is 4.99 Å². The highest BCUT2D eigenvalue weighted by atomic mass is 127. The number of carbonyl (C=O) groups is 1. The van der Waals surface area contributed by atoms with E-state index in [-0.39, 0.29) is 42.0 Å². The molecule has 0 spiro atoms. The van der Waals surface area contributed by atoms with Crippen molar-refractivity contribution in [3.8, 4) is 0 Å². The van der Waals surface area contributed by atoms with Gasteiger partial charge in [0.25, 0.3) is 0 Å². The van der Waals surface area contributed by atoms with Crippen molar-refractivity contribution < 1.29 is 9.53 Å². The second-order valence-electron chi connectivity index (χ2n) is 8.06. The summed E-state index contributed by atoms with van der Waals surface area (Å²) >= 11 is 0. The van der Waals surface area contributed by atoms with Crippen LogP contribution in [0, 0.1) is 0 Å². The number of methoxy groups -OCH3 is 1. The monoisotopic (exact) mass is 509 g/mol. The molecule has 0 radical (unpaired) electrons. The number of guanidine groups is 1. The van der Waals surface area contributed by atoms with Crippen molar-refractivity contribution in [2.45, 2.75) is 56.9 Å². The number of likely N-dealkylation sites (N-methyl/N-ethyl adjacent to an activating group) is 1. The number of piperidine rings is 1. The zero-order valence-corrected chi connectivity index (χ0v) is 20.3. The third kappa shape index (κ3) is 8.02. The van der Waals surface area contributed by atoms with E-state index < -0.39 is 0 Å². The van der Waals surface area contributed by atoms with E-state index in [1.807, 2.05) is 0 Å². The SMILES string of the molecule is COCCNC(=NCC(=O)N(C)C)NCC1(N2CCCCC2)CCCCC1.I. The minimum Gasteiger partial charge on any atom is -0.383 e. The quantitative estimate of drug-likeness (QED) is 0.227. The molecule has 0 unspecified atom stereocenters. The van der Waals surface area contributed by atoms with E-state index in [0.29, 0.717) is 19.1 Å². The van der Waals surface area contributed by atoms with Crippen molar-refractivity contribution >= 4 is 35.8 Å². The third-order valence-corrected chi connectivity index (χ3v) is 5.87. The van der Waals surface area contributed by atoms with E-state index in [1.165, 1.54) is 64.5 Å². The molecule has 1 amide bonds. The summed E-state index contributed by atoms with van der Waals surface area (Å²) in [6.45, 7) is 4.76. The number of nitrogens with zero attached hydrogens (tertiary/aromatic N) is 3. The summed E-state index contributed by atoms with van der Waals surface area (Å²) in [5.41, 5.74) is 0.230. The third-order valence-electron chi connectivity index (χ3n) is 5.87. The molecule has 1 heterocycles. The number of aliphatic imine (C=N–C) groups is 1. The van der Waals surface area contributed by atoms with Gasteiger partial charge in [-0.25, -0.2) is 4.99 Å². The molecule has 164 valence electrons. The van der Waals surface area contributed by atoms with Crippen LogP contribution < -0.4 is 10.6 Å². The van der Waals surface area contributed by atoms with E-state index >= 15 is 0 Å². The fourth-order valence-corrected chi connectivity index (χ4v) is 4.17. The summed E-state index contributed by atoms with van der Waals surface area (Å²) in [5, 5.41) is 6.85. The number of rotatable bonds is 8. The van der Waals surface area contributed by atoms with Gasteiger partial charge in [0.05, 0.1) is 6.61 Å². The van der Waals surface area contributed by atoms with Crippen LogP contribution >= 0.6 is 24.0 Å². The molecule has 0 atom stereocenters. The molecule has 2 rings (SSSR count). The zero-order chi connectivity index (χ0) is 19.5. The maximum absolute atomic E-state index is 11.9. The van der Waals surface area contributed by atoms with Crippen LogP contribution in [0.25, 0.3) is 0 Å². The summed E-state index contributed by atoms with van der Waals surface area (Å²) in [7, 11) is 5.21. The second kappa shape index (κ2) is 13.6. The average Bonchev–Trinajstić information content (AvgIpc) is 2.70. The minimum atomic E-state index is 0. The topological polar surface area (TPSA) is 69.2 Å². The number of hydrogen-bond acceptors (Lipinski definition) is 4. The minimum absolute atomic E-state index is 0. The summed E-state index contributed by atoms with van der Waals surface area (Å²) in [4.78, 5) is 20.7. The Morgan fingerprint density at radius 1 is 1.07 bits per heavy atom. The highest BCUT2D eigenvalue weighted by Crippen LogP contribution is 2.35. The molecule has 1 aliphatic carbocycles. The first-order valence-electron chi connectivity index (χ1n) is 10.5. The smallest absolute Gasteiger partial charge is 0.243 e. The zero-order valence-electron chi connectivity index (χ0n) is 18.0. The summed E-state index contributed by atoms with van der Waals surface area (Å²) in [5.74, 6) is 0.718. The fraction of sp³-hybridized carbons (Fsp3) is 0.900. The average molecular weight is 509 g/mol. The largest absolute Gasteiger partial charge is 0.383 e. The van der Waals surface area contributed by atoms with Gasteiger partial charge in [0.2, 0.25) is 5.91 Å². The highest BCUT2D eigenvalue weighted by Gasteiger charge is 2.38. The lowest BCUT2D eigenvalue weighted by Gasteiger charge is -2.48. The van der Waals surface area contributed by atoms with Crippen LogP contribution in [0.2, 0.25) is 0 Å². The maximum atomic E-state index is 11.9. The predicted molar refractivity (Wildman–Crippen MR) is 126 cm³/mol. The molecule has 1 aliphatic heterocycles. The molecule has 28 heavy (non-hydrogen) atoms. The molecule has 8 heteroatoms. The Hall–Kier alpha value is -0.610. The van der Waals surface area contributed by atoms with Crippen LogP contribution in [0.5, 0.6) is 0 Å². The molecule has 1 saturated carbocycles. The standard InChI is InChI=1S/C20H39N5O2.HI/c1-24(2)18(26)16-22-19(21-12-15-27-3)23-17-20(10-6-4-7-11-20)25-13-8-5-9-14-25;/h4-17H2,1-3H3,(H2,21,22,23);1H. The molecule has 0 bridgehead atoms. The van der Waals surface area contributed by atoms with E-state index in [1.54, 1.807) is 26.1 Å². The van der Waals surface area contributed by atoms with Crippen LogP contribution in [0.3, 0.4) is 0 Å². The van der Waals surface area contributed by atoms with Crippen LogP contribution in [0.1, 0.15) is 51.4 Å². The fourth-order valence-electron chi connectivity index (χ4n) is 4.17. The van der Waals surface area contributed by atoms with Gasteiger partial charge in [0, 0.05) is 39.8 Å². The lowest BCUT2D eigenvalue weighted by molar-refractivity contribution is -0.127. The molecule has 7 nitrogen and oxygen atoms in total. The summed E-state index contributed by atoms with van der Waals surface area (Å²) < 4.78 is 5.14. The van der Waals surface area contributed by atoms with Crippen LogP contribution in [-0.4, -0.2) is 87.7 Å². The lowest BCUT2D eigenvalue weighted by atomic mass is 9.79. The van der Waals surface area contributed by atoms with Crippen LogP contribution in [0.4, 0.5) is 0 Å². The van der Waals surface area contributed by atoms with Crippen molar-refractivity contribution in [3.63, 3.8) is 0 Å².